The van der Waals surface area contributed by atoms with E-state index in [2.05, 4.69) is 6.92 Å². The summed E-state index contributed by atoms with van der Waals surface area (Å²) in [6.07, 6.45) is 7.51. The van der Waals surface area contributed by atoms with E-state index in [1.54, 1.807) is 13.2 Å². The van der Waals surface area contributed by atoms with Gasteiger partial charge in [-0.25, -0.2) is 0 Å². The maximum absolute atomic E-state index is 10.1. The van der Waals surface area contributed by atoms with Gasteiger partial charge in [-0.2, -0.15) is 0 Å². The van der Waals surface area contributed by atoms with Gasteiger partial charge in [0.1, 0.15) is 0 Å². The minimum absolute atomic E-state index is 0.777. The maximum Gasteiger partial charge on any atom is 0.213 e. The molecule has 0 atom stereocenters. The number of allylic oxidation sites excluding steroid dienone is 3. The zero-order chi connectivity index (χ0) is 8.69. The third-order valence-electron chi connectivity index (χ3n) is 1.47. The molecule has 0 aromatic carbocycles. The normalized spacial score (nSPS) is 12.1. The lowest BCUT2D eigenvalue weighted by Gasteiger charge is -2.01. The smallest absolute Gasteiger partial charge is 0.213 e. The Morgan fingerprint density at radius 1 is 1.55 bits per heavy atom. The fourth-order valence-electron chi connectivity index (χ4n) is 0.667. The van der Waals surface area contributed by atoms with Crippen LogP contribution in [0.4, 0.5) is 0 Å². The van der Waals surface area contributed by atoms with Crippen LogP contribution in [0.1, 0.15) is 20.3 Å². The van der Waals surface area contributed by atoms with E-state index in [0.717, 1.165) is 12.8 Å². The number of carbonyl (C=O) groups excluding carboxylic acids is 1. The Kier molecular flexibility index (Phi) is 5.17. The molecule has 0 aliphatic carbocycles. The minimum atomic E-state index is 0.777. The van der Waals surface area contributed by atoms with Gasteiger partial charge in [0.15, 0.2) is 0 Å². The second-order valence-electron chi connectivity index (χ2n) is 2.30. The largest absolute Gasteiger partial charge is 0.325 e. The fourth-order valence-corrected chi connectivity index (χ4v) is 0.667. The first-order valence-corrected chi connectivity index (χ1v) is 3.75. The Morgan fingerprint density at radius 2 is 2.18 bits per heavy atom. The van der Waals surface area contributed by atoms with Crippen molar-refractivity contribution in [3.05, 3.63) is 23.9 Å². The van der Waals surface area contributed by atoms with E-state index in [1.165, 1.54) is 10.5 Å². The highest BCUT2D eigenvalue weighted by molar-refractivity contribution is 5.48. The van der Waals surface area contributed by atoms with Gasteiger partial charge in [0.2, 0.25) is 6.41 Å². The first kappa shape index (κ1) is 9.95. The van der Waals surface area contributed by atoms with Crippen LogP contribution in [0.15, 0.2) is 23.9 Å². The van der Waals surface area contributed by atoms with Gasteiger partial charge >= 0.3 is 0 Å². The Hall–Kier alpha value is -1.05. The van der Waals surface area contributed by atoms with Crippen molar-refractivity contribution in [2.24, 2.45) is 0 Å². The topological polar surface area (TPSA) is 20.3 Å². The van der Waals surface area contributed by atoms with Gasteiger partial charge in [0, 0.05) is 13.2 Å². The molecule has 0 aliphatic heterocycles. The number of hydrogen-bond acceptors (Lipinski definition) is 1. The Morgan fingerprint density at radius 3 is 2.55 bits per heavy atom. The molecule has 0 bridgehead atoms. The van der Waals surface area contributed by atoms with Gasteiger partial charge < -0.3 is 4.90 Å². The summed E-state index contributed by atoms with van der Waals surface area (Å²) >= 11 is 0. The first-order chi connectivity index (χ1) is 5.24. The Labute approximate surface area is 68.2 Å². The SMILES string of the molecule is C/C=C(\C=C/N(C)C=O)CC. The molecule has 1 amide bonds. The van der Waals surface area contributed by atoms with Crippen LogP contribution < -0.4 is 0 Å². The summed E-state index contributed by atoms with van der Waals surface area (Å²) in [5, 5.41) is 0. The maximum atomic E-state index is 10.1. The van der Waals surface area contributed by atoms with Crippen LogP contribution in [0.5, 0.6) is 0 Å². The lowest BCUT2D eigenvalue weighted by atomic mass is 10.2. The van der Waals surface area contributed by atoms with Gasteiger partial charge in [-0.1, -0.05) is 18.6 Å². The second kappa shape index (κ2) is 5.71. The molecule has 0 saturated carbocycles. The third kappa shape index (κ3) is 4.37. The number of amides is 1. The highest BCUT2D eigenvalue weighted by atomic mass is 16.1. The highest BCUT2D eigenvalue weighted by Crippen LogP contribution is 2.01. The summed E-state index contributed by atoms with van der Waals surface area (Å²) in [5.74, 6) is 0. The van der Waals surface area contributed by atoms with E-state index in [9.17, 15) is 4.79 Å². The molecule has 11 heavy (non-hydrogen) atoms. The van der Waals surface area contributed by atoms with Crippen molar-refractivity contribution < 1.29 is 4.79 Å². The van der Waals surface area contributed by atoms with Crippen molar-refractivity contribution >= 4 is 6.41 Å². The molecule has 2 nitrogen and oxygen atoms in total. The molecule has 0 aliphatic rings. The molecule has 2 heteroatoms. The lowest BCUT2D eigenvalue weighted by Crippen LogP contribution is -2.05. The monoisotopic (exact) mass is 153 g/mol. The van der Waals surface area contributed by atoms with Crippen molar-refractivity contribution in [2.75, 3.05) is 7.05 Å². The molecule has 0 heterocycles. The van der Waals surface area contributed by atoms with E-state index < -0.39 is 0 Å². The van der Waals surface area contributed by atoms with Gasteiger partial charge in [-0.3, -0.25) is 4.79 Å². The van der Waals surface area contributed by atoms with Crippen LogP contribution in [0.3, 0.4) is 0 Å². The minimum Gasteiger partial charge on any atom is -0.325 e. The number of carbonyl (C=O) groups is 1. The predicted molar refractivity (Wildman–Crippen MR) is 47.0 cm³/mol. The molecule has 62 valence electrons. The van der Waals surface area contributed by atoms with E-state index in [-0.39, 0.29) is 0 Å². The van der Waals surface area contributed by atoms with Gasteiger partial charge in [0.25, 0.3) is 0 Å². The van der Waals surface area contributed by atoms with E-state index in [0.29, 0.717) is 0 Å². The van der Waals surface area contributed by atoms with Crippen LogP contribution in [0, 0.1) is 0 Å². The number of nitrogens with zero attached hydrogens (tertiary/aromatic N) is 1. The average molecular weight is 153 g/mol. The molecule has 0 aromatic heterocycles. The molecule has 0 rings (SSSR count). The standard InChI is InChI=1S/C9H15NO/c1-4-9(5-2)6-7-10(3)8-11/h4,6-8H,5H2,1-3H3/b7-6-,9-4-. The predicted octanol–water partition coefficient (Wildman–Crippen LogP) is 1.94. The second-order valence-corrected chi connectivity index (χ2v) is 2.30. The Balaban J connectivity index is 3.99. The molecular formula is C9H15NO. The molecule has 0 radical (unpaired) electrons. The molecule has 0 aromatic rings. The molecule has 0 unspecified atom stereocenters. The summed E-state index contributed by atoms with van der Waals surface area (Å²) in [6, 6.07) is 0. The zero-order valence-corrected chi connectivity index (χ0v) is 7.37. The summed E-state index contributed by atoms with van der Waals surface area (Å²) in [5.41, 5.74) is 1.23. The quantitative estimate of drug-likeness (QED) is 0.446. The highest BCUT2D eigenvalue weighted by Gasteiger charge is 1.86. The van der Waals surface area contributed by atoms with Crippen LogP contribution in [-0.4, -0.2) is 18.4 Å². The molecule has 0 N–H and O–H groups in total. The van der Waals surface area contributed by atoms with Gasteiger partial charge in [0.05, 0.1) is 0 Å². The van der Waals surface area contributed by atoms with Crippen LogP contribution >= 0.6 is 0 Å². The van der Waals surface area contributed by atoms with Gasteiger partial charge in [-0.15, -0.1) is 0 Å². The number of rotatable bonds is 4. The third-order valence-corrected chi connectivity index (χ3v) is 1.47. The van der Waals surface area contributed by atoms with Crippen LogP contribution in [0.25, 0.3) is 0 Å². The lowest BCUT2D eigenvalue weighted by molar-refractivity contribution is -0.114. The fraction of sp³-hybridized carbons (Fsp3) is 0.444. The van der Waals surface area contributed by atoms with Gasteiger partial charge in [-0.05, 0) is 19.4 Å². The molecule has 0 spiro atoms. The van der Waals surface area contributed by atoms with Crippen LogP contribution in [0.2, 0.25) is 0 Å². The molecule has 0 saturated heterocycles. The van der Waals surface area contributed by atoms with Crippen molar-refractivity contribution in [3.63, 3.8) is 0 Å². The van der Waals surface area contributed by atoms with E-state index in [4.69, 9.17) is 0 Å². The summed E-state index contributed by atoms with van der Waals surface area (Å²) in [7, 11) is 1.71. The van der Waals surface area contributed by atoms with Crippen molar-refractivity contribution in [1.29, 1.82) is 0 Å². The van der Waals surface area contributed by atoms with Crippen LogP contribution in [-0.2, 0) is 4.79 Å². The Bertz CT molecular complexity index is 170. The summed E-state index contributed by atoms with van der Waals surface area (Å²) in [4.78, 5) is 11.6. The van der Waals surface area contributed by atoms with E-state index in [1.807, 2.05) is 19.1 Å². The summed E-state index contributed by atoms with van der Waals surface area (Å²) in [6.45, 7) is 4.07. The molecule has 0 fully saturated rings. The van der Waals surface area contributed by atoms with Crippen molar-refractivity contribution in [3.8, 4) is 0 Å². The number of hydrogen-bond donors (Lipinski definition) is 0. The molecular weight excluding hydrogens is 138 g/mol. The van der Waals surface area contributed by atoms with E-state index >= 15 is 0 Å². The van der Waals surface area contributed by atoms with Crippen molar-refractivity contribution in [1.82, 2.24) is 4.90 Å². The van der Waals surface area contributed by atoms with Crippen molar-refractivity contribution in [2.45, 2.75) is 20.3 Å². The first-order valence-electron chi connectivity index (χ1n) is 3.75. The average Bonchev–Trinajstić information content (AvgIpc) is 2.06. The summed E-state index contributed by atoms with van der Waals surface area (Å²) < 4.78 is 0. The zero-order valence-electron chi connectivity index (χ0n) is 7.37.